The lowest BCUT2D eigenvalue weighted by molar-refractivity contribution is -0.137. The van der Waals surface area contributed by atoms with Gasteiger partial charge in [0.15, 0.2) is 5.52 Å². The molecule has 4 rings (SSSR count). The number of anilines is 1. The van der Waals surface area contributed by atoms with Gasteiger partial charge in [-0.15, -0.1) is 0 Å². The number of fused-ring (bicyclic) bond motifs is 1. The molecule has 0 unspecified atom stereocenters. The first-order valence-corrected chi connectivity index (χ1v) is 9.90. The van der Waals surface area contributed by atoms with Crippen LogP contribution in [0.1, 0.15) is 6.92 Å². The average Bonchev–Trinajstić information content (AvgIpc) is 2.77. The van der Waals surface area contributed by atoms with Crippen molar-refractivity contribution in [1.29, 1.82) is 0 Å². The maximum absolute atomic E-state index is 11.7. The summed E-state index contributed by atoms with van der Waals surface area (Å²) in [5.41, 5.74) is 4.16. The molecule has 164 valence electrons. The number of ether oxygens (including phenoxy) is 2. The molecule has 3 heterocycles. The van der Waals surface area contributed by atoms with Gasteiger partial charge in [0.1, 0.15) is 12.7 Å². The molecule has 31 heavy (non-hydrogen) atoms. The Balaban J connectivity index is 0.00000272. The molecule has 2 aromatic heterocycles. The number of benzene rings is 1. The van der Waals surface area contributed by atoms with Crippen molar-refractivity contribution < 1.29 is 14.3 Å². The number of carbonyl (C=O) groups excluding carboxylic acids is 1. The van der Waals surface area contributed by atoms with E-state index in [-0.39, 0.29) is 32.1 Å². The second-order valence-electron chi connectivity index (χ2n) is 7.45. The van der Waals surface area contributed by atoms with Gasteiger partial charge in [-0.25, -0.2) is 9.97 Å². The van der Waals surface area contributed by atoms with E-state index in [1.807, 2.05) is 49.3 Å². The van der Waals surface area contributed by atoms with Crippen molar-refractivity contribution in [2.75, 3.05) is 45.3 Å². The third-order valence-electron chi connectivity index (χ3n) is 5.09. The van der Waals surface area contributed by atoms with Crippen LogP contribution in [-0.2, 0) is 9.53 Å². The predicted octanol–water partition coefficient (Wildman–Crippen LogP) is 2.50. The molecule has 0 bridgehead atoms. The molecular weight excluding hydrogens is 414 g/mol. The normalized spacial score (nSPS) is 16.0. The number of aromatic nitrogens is 3. The summed E-state index contributed by atoms with van der Waals surface area (Å²) in [6, 6.07) is 10.1. The molecule has 0 saturated carbocycles. The fourth-order valence-electron chi connectivity index (χ4n) is 3.40. The molecule has 3 aromatic rings. The van der Waals surface area contributed by atoms with Gasteiger partial charge in [-0.05, 0) is 18.2 Å². The first kappa shape index (κ1) is 22.8. The molecule has 0 radical (unpaired) electrons. The first-order chi connectivity index (χ1) is 14.5. The number of pyridine rings is 1. The second kappa shape index (κ2) is 9.93. The minimum Gasteiger partial charge on any atom is -0.473 e. The van der Waals surface area contributed by atoms with Crippen molar-refractivity contribution in [3.05, 3.63) is 42.7 Å². The van der Waals surface area contributed by atoms with Crippen LogP contribution in [0.15, 0.2) is 42.7 Å². The molecule has 1 aromatic carbocycles. The Morgan fingerprint density at radius 1 is 1.23 bits per heavy atom. The Hall–Kier alpha value is -2.91. The van der Waals surface area contributed by atoms with Gasteiger partial charge in [0, 0.05) is 51.2 Å². The van der Waals surface area contributed by atoms with Crippen molar-refractivity contribution in [3.63, 3.8) is 0 Å². The van der Waals surface area contributed by atoms with Crippen molar-refractivity contribution in [2.24, 2.45) is 0 Å². The third-order valence-corrected chi connectivity index (χ3v) is 5.09. The minimum absolute atomic E-state index is 0. The maximum Gasteiger partial charge on any atom is 0.242 e. The van der Waals surface area contributed by atoms with Gasteiger partial charge < -0.3 is 19.3 Å². The molecule has 1 atom stereocenters. The van der Waals surface area contributed by atoms with Crippen LogP contribution in [0, 0.1) is 0 Å². The van der Waals surface area contributed by atoms with E-state index < -0.39 is 0 Å². The summed E-state index contributed by atoms with van der Waals surface area (Å²) in [6.45, 7) is 3.46. The lowest BCUT2D eigenvalue weighted by Crippen LogP contribution is -2.46. The highest BCUT2D eigenvalue weighted by atomic mass is 32.1. The topological polar surface area (TPSA) is 80.7 Å². The molecule has 1 fully saturated rings. The molecule has 1 aliphatic heterocycles. The summed E-state index contributed by atoms with van der Waals surface area (Å²) in [7, 11) is 4.01. The number of carbonyl (C=O) groups is 1. The SMILES string of the molecule is CC(=O)N1CCO[C@H](COc2nc(-c3ccc(N(C)C)cc3)cc3nccnc23)C1.S. The van der Waals surface area contributed by atoms with E-state index in [2.05, 4.69) is 9.97 Å². The van der Waals surface area contributed by atoms with E-state index >= 15 is 0 Å². The van der Waals surface area contributed by atoms with Crippen LogP contribution >= 0.6 is 13.5 Å². The number of morpholine rings is 1. The Morgan fingerprint density at radius 3 is 2.68 bits per heavy atom. The lowest BCUT2D eigenvalue weighted by Gasteiger charge is -2.32. The van der Waals surface area contributed by atoms with Crippen molar-refractivity contribution in [2.45, 2.75) is 13.0 Å². The minimum atomic E-state index is -0.209. The smallest absolute Gasteiger partial charge is 0.242 e. The Labute approximate surface area is 188 Å². The van der Waals surface area contributed by atoms with Gasteiger partial charge in [0.25, 0.3) is 0 Å². The zero-order chi connectivity index (χ0) is 21.1. The summed E-state index contributed by atoms with van der Waals surface area (Å²) in [5.74, 6) is 0.455. The second-order valence-corrected chi connectivity index (χ2v) is 7.45. The standard InChI is InChI=1S/C22H25N5O3.H2S/c1-15(28)27-10-11-29-18(13-27)14-30-22-21-20(23-8-9-24-21)12-19(25-22)16-4-6-17(7-5-16)26(2)3;/h4-9,12,18H,10-11,13-14H2,1-3H3;1H2/t18-;/m0./s1. The Kier molecular flexibility index (Phi) is 7.29. The quantitative estimate of drug-likeness (QED) is 0.602. The van der Waals surface area contributed by atoms with Crippen LogP contribution < -0.4 is 9.64 Å². The zero-order valence-corrected chi connectivity index (χ0v) is 18.9. The van der Waals surface area contributed by atoms with Gasteiger partial charge in [-0.2, -0.15) is 13.5 Å². The largest absolute Gasteiger partial charge is 0.473 e. The molecule has 1 aliphatic rings. The summed E-state index contributed by atoms with van der Waals surface area (Å²) in [4.78, 5) is 29.0. The number of rotatable bonds is 5. The zero-order valence-electron chi connectivity index (χ0n) is 17.9. The molecule has 0 spiro atoms. The van der Waals surface area contributed by atoms with E-state index in [0.717, 1.165) is 16.9 Å². The van der Waals surface area contributed by atoms with E-state index in [1.54, 1.807) is 24.2 Å². The van der Waals surface area contributed by atoms with Crippen LogP contribution in [0.2, 0.25) is 0 Å². The summed E-state index contributed by atoms with van der Waals surface area (Å²) < 4.78 is 11.8. The van der Waals surface area contributed by atoms with Crippen LogP contribution in [0.4, 0.5) is 5.69 Å². The van der Waals surface area contributed by atoms with E-state index in [4.69, 9.17) is 14.5 Å². The van der Waals surface area contributed by atoms with Crippen molar-refractivity contribution in [3.8, 4) is 17.1 Å². The highest BCUT2D eigenvalue weighted by Gasteiger charge is 2.23. The lowest BCUT2D eigenvalue weighted by atomic mass is 10.1. The van der Waals surface area contributed by atoms with Crippen LogP contribution in [0.3, 0.4) is 0 Å². The first-order valence-electron chi connectivity index (χ1n) is 9.90. The highest BCUT2D eigenvalue weighted by molar-refractivity contribution is 7.59. The van der Waals surface area contributed by atoms with Gasteiger partial charge in [-0.3, -0.25) is 9.78 Å². The highest BCUT2D eigenvalue weighted by Crippen LogP contribution is 2.28. The third kappa shape index (κ3) is 5.23. The maximum atomic E-state index is 11.7. The van der Waals surface area contributed by atoms with Gasteiger partial charge in [0.05, 0.1) is 24.4 Å². The molecule has 0 N–H and O–H groups in total. The Bertz CT molecular complexity index is 1050. The molecule has 9 heteroatoms. The van der Waals surface area contributed by atoms with Crippen LogP contribution in [0.25, 0.3) is 22.3 Å². The van der Waals surface area contributed by atoms with E-state index in [9.17, 15) is 4.79 Å². The summed E-state index contributed by atoms with van der Waals surface area (Å²) in [5, 5.41) is 0. The van der Waals surface area contributed by atoms with E-state index in [0.29, 0.717) is 36.6 Å². The van der Waals surface area contributed by atoms with Gasteiger partial charge >= 0.3 is 0 Å². The van der Waals surface area contributed by atoms with Crippen LogP contribution in [-0.4, -0.2) is 72.3 Å². The van der Waals surface area contributed by atoms with Crippen molar-refractivity contribution in [1.82, 2.24) is 19.9 Å². The van der Waals surface area contributed by atoms with Crippen molar-refractivity contribution >= 4 is 36.1 Å². The molecule has 0 aliphatic carbocycles. The molecule has 1 saturated heterocycles. The van der Waals surface area contributed by atoms with Gasteiger partial charge in [-0.1, -0.05) is 12.1 Å². The predicted molar refractivity (Wildman–Crippen MR) is 125 cm³/mol. The monoisotopic (exact) mass is 441 g/mol. The number of hydrogen-bond acceptors (Lipinski definition) is 7. The summed E-state index contributed by atoms with van der Waals surface area (Å²) in [6.07, 6.45) is 3.07. The number of hydrogen-bond donors (Lipinski definition) is 0. The summed E-state index contributed by atoms with van der Waals surface area (Å²) >= 11 is 0. The fraction of sp³-hybridized carbons (Fsp3) is 0.364. The molecule has 8 nitrogen and oxygen atoms in total. The van der Waals surface area contributed by atoms with Gasteiger partial charge in [0.2, 0.25) is 11.8 Å². The average molecular weight is 442 g/mol. The van der Waals surface area contributed by atoms with Crippen LogP contribution in [0.5, 0.6) is 5.88 Å². The van der Waals surface area contributed by atoms with E-state index in [1.165, 1.54) is 0 Å². The number of nitrogens with zero attached hydrogens (tertiary/aromatic N) is 5. The molecule has 1 amide bonds. The fourth-order valence-corrected chi connectivity index (χ4v) is 3.40. The number of amides is 1. The molecular formula is C22H27N5O3S. The Morgan fingerprint density at radius 2 is 1.97 bits per heavy atom.